The van der Waals surface area contributed by atoms with Crippen LogP contribution >= 0.6 is 15.6 Å². The summed E-state index contributed by atoms with van der Waals surface area (Å²) in [6.07, 6.45) is 36.4. The van der Waals surface area contributed by atoms with Crippen LogP contribution in [0.4, 0.5) is 0 Å². The molecule has 3 N–H and O–H groups in total. The average Bonchev–Trinajstić information content (AvgIpc) is 3.55. The molecule has 0 aromatic carbocycles. The summed E-state index contributed by atoms with van der Waals surface area (Å²) in [5.41, 5.74) is 0. The highest BCUT2D eigenvalue weighted by Crippen LogP contribution is 2.45. The van der Waals surface area contributed by atoms with Gasteiger partial charge in [0.15, 0.2) is 12.2 Å². The molecule has 0 bridgehead atoms. The van der Waals surface area contributed by atoms with E-state index in [2.05, 4.69) is 55.4 Å². The molecule has 0 fully saturated rings. The maximum Gasteiger partial charge on any atom is 0.472 e. The number of phosphoric acid groups is 2. The van der Waals surface area contributed by atoms with Crippen LogP contribution in [0.2, 0.25) is 0 Å². The molecule has 0 saturated carbocycles. The van der Waals surface area contributed by atoms with Gasteiger partial charge in [-0.05, 0) is 49.4 Å². The Morgan fingerprint density at radius 1 is 0.329 bits per heavy atom. The molecule has 0 heterocycles. The van der Waals surface area contributed by atoms with Crippen molar-refractivity contribution in [1.82, 2.24) is 0 Å². The Labute approximate surface area is 517 Å². The molecule has 3 unspecified atom stereocenters. The maximum atomic E-state index is 13.0. The predicted octanol–water partition coefficient (Wildman–Crippen LogP) is 18.1. The lowest BCUT2D eigenvalue weighted by atomic mass is 9.99. The number of aliphatic hydroxyl groups is 1. The molecule has 85 heavy (non-hydrogen) atoms. The quantitative estimate of drug-likeness (QED) is 0.0222. The SMILES string of the molecule is CCC(C)CCCCCCCCCCC(=O)O[C@H](COC(=O)CCCCCCCCCCCCCC(C)C)COP(=O)(O)OC[C@@H](O)COP(=O)(O)OC[C@@H](COC(=O)CCCCCCCCC(C)C)OC(=O)CCCCCCCCCC(C)C. The van der Waals surface area contributed by atoms with Gasteiger partial charge < -0.3 is 33.8 Å². The van der Waals surface area contributed by atoms with Gasteiger partial charge in [-0.1, -0.05) is 267 Å². The zero-order chi connectivity index (χ0) is 63.2. The van der Waals surface area contributed by atoms with Crippen LogP contribution in [0.3, 0.4) is 0 Å². The van der Waals surface area contributed by atoms with Crippen LogP contribution in [0.15, 0.2) is 0 Å². The number of rotatable bonds is 63. The van der Waals surface area contributed by atoms with E-state index in [1.54, 1.807) is 0 Å². The largest absolute Gasteiger partial charge is 0.472 e. The first-order chi connectivity index (χ1) is 40.6. The summed E-state index contributed by atoms with van der Waals surface area (Å²) in [6, 6.07) is 0. The third-order valence-corrected chi connectivity index (χ3v) is 17.3. The van der Waals surface area contributed by atoms with Crippen molar-refractivity contribution in [3.8, 4) is 0 Å². The van der Waals surface area contributed by atoms with E-state index in [9.17, 15) is 43.2 Å². The van der Waals surface area contributed by atoms with Crippen molar-refractivity contribution in [1.29, 1.82) is 0 Å². The van der Waals surface area contributed by atoms with E-state index in [1.807, 2.05) is 0 Å². The third-order valence-electron chi connectivity index (χ3n) is 15.4. The topological polar surface area (TPSA) is 237 Å². The number of phosphoric ester groups is 2. The molecule has 0 aromatic rings. The number of hydrogen-bond acceptors (Lipinski definition) is 15. The van der Waals surface area contributed by atoms with Gasteiger partial charge in [0.05, 0.1) is 26.4 Å². The molecule has 0 aromatic heterocycles. The minimum atomic E-state index is -4.95. The number of hydrogen-bond donors (Lipinski definition) is 3. The molecule has 0 radical (unpaired) electrons. The fourth-order valence-corrected chi connectivity index (χ4v) is 11.3. The molecule has 0 saturated heterocycles. The van der Waals surface area contributed by atoms with Crippen molar-refractivity contribution in [3.63, 3.8) is 0 Å². The summed E-state index contributed by atoms with van der Waals surface area (Å²) >= 11 is 0. The van der Waals surface area contributed by atoms with Gasteiger partial charge in [0.1, 0.15) is 19.3 Å². The van der Waals surface area contributed by atoms with E-state index in [0.29, 0.717) is 37.5 Å². The fraction of sp³-hybridized carbons (Fsp3) is 0.939. The Morgan fingerprint density at radius 2 is 0.565 bits per heavy atom. The molecule has 17 nitrogen and oxygen atoms in total. The first-order valence-corrected chi connectivity index (χ1v) is 37.2. The van der Waals surface area contributed by atoms with Gasteiger partial charge in [-0.2, -0.15) is 0 Å². The average molecular weight is 1260 g/mol. The van der Waals surface area contributed by atoms with Gasteiger partial charge in [0.25, 0.3) is 0 Å². The lowest BCUT2D eigenvalue weighted by Gasteiger charge is -2.21. The zero-order valence-corrected chi connectivity index (χ0v) is 57.0. The fourth-order valence-electron chi connectivity index (χ4n) is 9.75. The summed E-state index contributed by atoms with van der Waals surface area (Å²) in [6.45, 7) is 14.0. The summed E-state index contributed by atoms with van der Waals surface area (Å²) in [7, 11) is -9.89. The van der Waals surface area contributed by atoms with Crippen LogP contribution in [0, 0.1) is 23.7 Å². The minimum absolute atomic E-state index is 0.102. The van der Waals surface area contributed by atoms with Gasteiger partial charge in [-0.3, -0.25) is 37.3 Å². The minimum Gasteiger partial charge on any atom is -0.462 e. The van der Waals surface area contributed by atoms with Crippen molar-refractivity contribution in [2.75, 3.05) is 39.6 Å². The molecule has 0 amide bonds. The molecule has 504 valence electrons. The maximum absolute atomic E-state index is 13.0. The number of carbonyl (C=O) groups is 4. The van der Waals surface area contributed by atoms with Crippen molar-refractivity contribution >= 4 is 39.5 Å². The molecule has 0 aliphatic heterocycles. The van der Waals surface area contributed by atoms with E-state index in [1.165, 1.54) is 116 Å². The number of unbranched alkanes of at least 4 members (excludes halogenated alkanes) is 28. The summed E-state index contributed by atoms with van der Waals surface area (Å²) < 4.78 is 68.1. The van der Waals surface area contributed by atoms with Crippen LogP contribution in [0.5, 0.6) is 0 Å². The predicted molar refractivity (Wildman–Crippen MR) is 340 cm³/mol. The summed E-state index contributed by atoms with van der Waals surface area (Å²) in [5, 5.41) is 10.5. The van der Waals surface area contributed by atoms with E-state index >= 15 is 0 Å². The van der Waals surface area contributed by atoms with Gasteiger partial charge >= 0.3 is 39.5 Å². The smallest absolute Gasteiger partial charge is 0.462 e. The molecule has 0 rings (SSSR count). The van der Waals surface area contributed by atoms with Crippen LogP contribution in [-0.2, 0) is 65.4 Å². The Balaban J connectivity index is 5.25. The van der Waals surface area contributed by atoms with Gasteiger partial charge in [-0.25, -0.2) is 9.13 Å². The van der Waals surface area contributed by atoms with E-state index in [0.717, 1.165) is 108 Å². The monoisotopic (exact) mass is 1250 g/mol. The van der Waals surface area contributed by atoms with Gasteiger partial charge in [0, 0.05) is 25.7 Å². The van der Waals surface area contributed by atoms with Crippen molar-refractivity contribution in [2.45, 2.75) is 337 Å². The van der Waals surface area contributed by atoms with E-state index in [-0.39, 0.29) is 25.7 Å². The first-order valence-electron chi connectivity index (χ1n) is 34.2. The lowest BCUT2D eigenvalue weighted by Crippen LogP contribution is -2.30. The Morgan fingerprint density at radius 3 is 0.835 bits per heavy atom. The Hall–Kier alpha value is -1.94. The summed E-state index contributed by atoms with van der Waals surface area (Å²) in [5.74, 6) is 0.776. The van der Waals surface area contributed by atoms with E-state index in [4.69, 9.17) is 37.0 Å². The highest BCUT2D eigenvalue weighted by Gasteiger charge is 2.30. The van der Waals surface area contributed by atoms with Gasteiger partial charge in [-0.15, -0.1) is 0 Å². The molecular formula is C66H128O17P2. The van der Waals surface area contributed by atoms with Crippen molar-refractivity contribution in [2.24, 2.45) is 23.7 Å². The van der Waals surface area contributed by atoms with Crippen molar-refractivity contribution in [3.05, 3.63) is 0 Å². The molecule has 0 aliphatic rings. The Kier molecular flexibility index (Phi) is 54.8. The van der Waals surface area contributed by atoms with Crippen LogP contribution in [0.25, 0.3) is 0 Å². The highest BCUT2D eigenvalue weighted by molar-refractivity contribution is 7.47. The molecule has 0 spiro atoms. The second-order valence-electron chi connectivity index (χ2n) is 25.5. The van der Waals surface area contributed by atoms with Crippen LogP contribution in [-0.4, -0.2) is 96.7 Å². The number of aliphatic hydroxyl groups excluding tert-OH is 1. The molecule has 6 atom stereocenters. The highest BCUT2D eigenvalue weighted by atomic mass is 31.2. The second kappa shape index (κ2) is 56.1. The molecule has 19 heteroatoms. The van der Waals surface area contributed by atoms with Crippen molar-refractivity contribution < 1.29 is 80.2 Å². The zero-order valence-electron chi connectivity index (χ0n) is 55.2. The molecular weight excluding hydrogens is 1130 g/mol. The third kappa shape index (κ3) is 59.5. The number of carbonyl (C=O) groups excluding carboxylic acids is 4. The first kappa shape index (κ1) is 83.1. The number of ether oxygens (including phenoxy) is 4. The second-order valence-corrected chi connectivity index (χ2v) is 28.4. The normalized spacial score (nSPS) is 14.7. The summed E-state index contributed by atoms with van der Waals surface area (Å²) in [4.78, 5) is 72.3. The standard InChI is InChI=1S/C66H128O17P2/c1-9-59(8)45-37-29-20-15-16-22-32-40-48-65(70)82-61(52-76-63(68)46-38-30-21-14-12-10-11-13-18-26-34-42-56(2)3)54-80-84(72,73)78-50-60(67)51-79-85(74,75)81-55-62(53-77-64(69)47-39-31-25-24-28-36-44-58(6)7)83-66(71)49-41-33-23-17-19-27-35-43-57(4)5/h56-62,67H,9-55H2,1-8H3,(H,72,73)(H,74,75)/t59?,60-,61-,62-/m1/s1. The van der Waals surface area contributed by atoms with E-state index < -0.39 is 97.5 Å². The number of esters is 4. The lowest BCUT2D eigenvalue weighted by molar-refractivity contribution is -0.161. The van der Waals surface area contributed by atoms with Crippen LogP contribution < -0.4 is 0 Å². The van der Waals surface area contributed by atoms with Crippen LogP contribution in [0.1, 0.15) is 319 Å². The Bertz CT molecular complexity index is 1700. The van der Waals surface area contributed by atoms with Gasteiger partial charge in [0.2, 0.25) is 0 Å². The molecule has 0 aliphatic carbocycles.